The topological polar surface area (TPSA) is 29.3 Å². The number of nitrogens with zero attached hydrogens (tertiary/aromatic N) is 1. The Balaban J connectivity index is 2.30. The number of rotatable bonds is 4. The first-order valence-electron chi connectivity index (χ1n) is 4.68. The van der Waals surface area contributed by atoms with Crippen LogP contribution in [0.3, 0.4) is 0 Å². The smallest absolute Gasteiger partial charge is 0.0768 e. The standard InChI is InChI=1S/C9H18N2S2/c1-7(9(10)12)5-11(2)8-3-4-13-6-8/h7-8H,3-6H2,1-2H3,(H2,10,12). The van der Waals surface area contributed by atoms with Crippen molar-refractivity contribution in [3.8, 4) is 0 Å². The molecule has 0 aromatic carbocycles. The Kier molecular flexibility index (Phi) is 4.49. The molecule has 76 valence electrons. The normalized spacial score (nSPS) is 25.0. The third kappa shape index (κ3) is 3.44. The maximum Gasteiger partial charge on any atom is 0.0768 e. The van der Waals surface area contributed by atoms with Gasteiger partial charge in [-0.25, -0.2) is 0 Å². The van der Waals surface area contributed by atoms with Crippen LogP contribution in [0.4, 0.5) is 0 Å². The van der Waals surface area contributed by atoms with Crippen LogP contribution in [0.15, 0.2) is 0 Å². The predicted molar refractivity (Wildman–Crippen MR) is 64.3 cm³/mol. The molecule has 1 rings (SSSR count). The van der Waals surface area contributed by atoms with Gasteiger partial charge in [-0.1, -0.05) is 19.1 Å². The third-order valence-corrected chi connectivity index (χ3v) is 4.12. The fraction of sp³-hybridized carbons (Fsp3) is 0.889. The molecule has 1 fully saturated rings. The first-order valence-corrected chi connectivity index (χ1v) is 6.25. The van der Waals surface area contributed by atoms with E-state index in [2.05, 4.69) is 18.9 Å². The summed E-state index contributed by atoms with van der Waals surface area (Å²) in [6.45, 7) is 3.10. The zero-order valence-electron chi connectivity index (χ0n) is 8.32. The van der Waals surface area contributed by atoms with Gasteiger partial charge in [-0.2, -0.15) is 11.8 Å². The highest BCUT2D eigenvalue weighted by molar-refractivity contribution is 7.99. The van der Waals surface area contributed by atoms with E-state index in [9.17, 15) is 0 Å². The van der Waals surface area contributed by atoms with Gasteiger partial charge in [0.2, 0.25) is 0 Å². The number of thioether (sulfide) groups is 1. The summed E-state index contributed by atoms with van der Waals surface area (Å²) in [4.78, 5) is 3.03. The number of thiocarbonyl (C=S) groups is 1. The van der Waals surface area contributed by atoms with Crippen molar-refractivity contribution in [2.45, 2.75) is 19.4 Å². The lowest BCUT2D eigenvalue weighted by atomic mass is 10.1. The molecule has 1 aliphatic rings. The molecule has 1 heterocycles. The van der Waals surface area contributed by atoms with Crippen molar-refractivity contribution in [2.75, 3.05) is 25.1 Å². The lowest BCUT2D eigenvalue weighted by molar-refractivity contribution is 0.249. The molecule has 13 heavy (non-hydrogen) atoms. The van der Waals surface area contributed by atoms with Crippen molar-refractivity contribution in [2.24, 2.45) is 11.7 Å². The number of hydrogen-bond acceptors (Lipinski definition) is 3. The van der Waals surface area contributed by atoms with Crippen LogP contribution in [-0.2, 0) is 0 Å². The van der Waals surface area contributed by atoms with Crippen LogP contribution < -0.4 is 5.73 Å². The van der Waals surface area contributed by atoms with Crippen molar-refractivity contribution in [1.82, 2.24) is 4.90 Å². The van der Waals surface area contributed by atoms with Gasteiger partial charge in [0.15, 0.2) is 0 Å². The molecule has 0 bridgehead atoms. The molecule has 0 radical (unpaired) electrons. The molecule has 2 atom stereocenters. The van der Waals surface area contributed by atoms with Gasteiger partial charge in [-0.15, -0.1) is 0 Å². The molecular formula is C9H18N2S2. The summed E-state index contributed by atoms with van der Waals surface area (Å²) in [6, 6.07) is 0.738. The fourth-order valence-corrected chi connectivity index (χ4v) is 2.91. The summed E-state index contributed by atoms with van der Waals surface area (Å²) >= 11 is 7.00. The van der Waals surface area contributed by atoms with E-state index < -0.39 is 0 Å². The van der Waals surface area contributed by atoms with Crippen molar-refractivity contribution in [1.29, 1.82) is 0 Å². The molecule has 4 heteroatoms. The zero-order chi connectivity index (χ0) is 9.84. The first-order chi connectivity index (χ1) is 6.11. The Morgan fingerprint density at radius 2 is 2.46 bits per heavy atom. The maximum atomic E-state index is 5.58. The lowest BCUT2D eigenvalue weighted by Gasteiger charge is -2.26. The Morgan fingerprint density at radius 1 is 1.77 bits per heavy atom. The van der Waals surface area contributed by atoms with Crippen LogP contribution in [0, 0.1) is 5.92 Å². The summed E-state index contributed by atoms with van der Waals surface area (Å²) in [7, 11) is 2.17. The molecule has 1 saturated heterocycles. The average molecular weight is 218 g/mol. The maximum absolute atomic E-state index is 5.58. The van der Waals surface area contributed by atoms with E-state index in [0.717, 1.165) is 12.6 Å². The van der Waals surface area contributed by atoms with E-state index in [4.69, 9.17) is 18.0 Å². The highest BCUT2D eigenvalue weighted by atomic mass is 32.2. The highest BCUT2D eigenvalue weighted by Gasteiger charge is 2.21. The minimum absolute atomic E-state index is 0.339. The Hall–Kier alpha value is 0.200. The van der Waals surface area contributed by atoms with Crippen LogP contribution in [0.25, 0.3) is 0 Å². The van der Waals surface area contributed by atoms with Gasteiger partial charge in [-0.05, 0) is 19.2 Å². The summed E-state index contributed by atoms with van der Waals surface area (Å²) in [5, 5.41) is 0. The molecule has 2 nitrogen and oxygen atoms in total. The SMILES string of the molecule is CC(CN(C)C1CCSC1)C(N)=S. The molecule has 0 amide bonds. The Morgan fingerprint density at radius 3 is 2.92 bits per heavy atom. The molecule has 1 aliphatic heterocycles. The molecule has 2 N–H and O–H groups in total. The summed E-state index contributed by atoms with van der Waals surface area (Å²) in [5.74, 6) is 2.90. The van der Waals surface area contributed by atoms with Gasteiger partial charge >= 0.3 is 0 Å². The van der Waals surface area contributed by atoms with Gasteiger partial charge < -0.3 is 10.6 Å². The zero-order valence-corrected chi connectivity index (χ0v) is 9.96. The van der Waals surface area contributed by atoms with E-state index in [1.54, 1.807) is 0 Å². The molecule has 0 saturated carbocycles. The van der Waals surface area contributed by atoms with Crippen LogP contribution in [0.2, 0.25) is 0 Å². The van der Waals surface area contributed by atoms with Gasteiger partial charge in [0.05, 0.1) is 4.99 Å². The van der Waals surface area contributed by atoms with Crippen LogP contribution in [0.5, 0.6) is 0 Å². The van der Waals surface area contributed by atoms with Crippen molar-refractivity contribution < 1.29 is 0 Å². The molecular weight excluding hydrogens is 200 g/mol. The van der Waals surface area contributed by atoms with Crippen molar-refractivity contribution in [3.05, 3.63) is 0 Å². The molecule has 0 aliphatic carbocycles. The quantitative estimate of drug-likeness (QED) is 0.721. The summed E-state index contributed by atoms with van der Waals surface area (Å²) in [6.07, 6.45) is 1.31. The van der Waals surface area contributed by atoms with E-state index in [0.29, 0.717) is 10.9 Å². The van der Waals surface area contributed by atoms with Gasteiger partial charge in [-0.3, -0.25) is 0 Å². The molecule has 0 spiro atoms. The van der Waals surface area contributed by atoms with E-state index in [1.165, 1.54) is 17.9 Å². The number of nitrogens with two attached hydrogens (primary N) is 1. The highest BCUT2D eigenvalue weighted by Crippen LogP contribution is 2.21. The van der Waals surface area contributed by atoms with E-state index in [-0.39, 0.29) is 0 Å². The largest absolute Gasteiger partial charge is 0.393 e. The van der Waals surface area contributed by atoms with Crippen LogP contribution in [0.1, 0.15) is 13.3 Å². The van der Waals surface area contributed by atoms with Crippen LogP contribution >= 0.6 is 24.0 Å². The second kappa shape index (κ2) is 5.17. The van der Waals surface area contributed by atoms with Crippen molar-refractivity contribution >= 4 is 29.0 Å². The van der Waals surface area contributed by atoms with Crippen molar-refractivity contribution in [3.63, 3.8) is 0 Å². The average Bonchev–Trinajstić information content (AvgIpc) is 2.55. The second-order valence-electron chi connectivity index (χ2n) is 3.76. The fourth-order valence-electron chi connectivity index (χ4n) is 1.54. The number of hydrogen-bond donors (Lipinski definition) is 1. The monoisotopic (exact) mass is 218 g/mol. The van der Waals surface area contributed by atoms with Crippen LogP contribution in [-0.4, -0.2) is 41.0 Å². The Labute approximate surface area is 90.2 Å². The predicted octanol–water partition coefficient (Wildman–Crippen LogP) is 1.35. The molecule has 2 unspecified atom stereocenters. The third-order valence-electron chi connectivity index (χ3n) is 2.58. The van der Waals surface area contributed by atoms with Gasteiger partial charge in [0, 0.05) is 24.3 Å². The van der Waals surface area contributed by atoms with Gasteiger partial charge in [0.25, 0.3) is 0 Å². The minimum Gasteiger partial charge on any atom is -0.393 e. The summed E-state index contributed by atoms with van der Waals surface area (Å²) < 4.78 is 0. The first kappa shape index (κ1) is 11.3. The summed E-state index contributed by atoms with van der Waals surface area (Å²) in [5.41, 5.74) is 5.58. The van der Waals surface area contributed by atoms with E-state index in [1.807, 2.05) is 11.8 Å². The van der Waals surface area contributed by atoms with E-state index >= 15 is 0 Å². The lowest BCUT2D eigenvalue weighted by Crippen LogP contribution is -2.38. The van der Waals surface area contributed by atoms with Gasteiger partial charge in [0.1, 0.15) is 0 Å². The molecule has 0 aromatic heterocycles. The molecule has 0 aromatic rings. The second-order valence-corrected chi connectivity index (χ2v) is 5.38. The Bertz CT molecular complexity index is 178. The minimum atomic E-state index is 0.339.